The number of anilines is 2. The van der Waals surface area contributed by atoms with Crippen molar-refractivity contribution in [1.29, 1.82) is 0 Å². The molecule has 0 unspecified atom stereocenters. The van der Waals surface area contributed by atoms with Gasteiger partial charge in [-0.15, -0.1) is 5.10 Å². The highest BCUT2D eigenvalue weighted by Gasteiger charge is 2.36. The van der Waals surface area contributed by atoms with Gasteiger partial charge in [0.25, 0.3) is 0 Å². The van der Waals surface area contributed by atoms with E-state index in [-0.39, 0.29) is 35.6 Å². The molecule has 0 radical (unpaired) electrons. The Morgan fingerprint density at radius 1 is 1.04 bits per heavy atom. The van der Waals surface area contributed by atoms with Crippen LogP contribution in [0.25, 0.3) is 16.9 Å². The van der Waals surface area contributed by atoms with Gasteiger partial charge in [0, 0.05) is 71.3 Å². The van der Waals surface area contributed by atoms with Crippen LogP contribution in [-0.4, -0.2) is 113 Å². The molecule has 3 N–H and O–H groups in total. The van der Waals surface area contributed by atoms with Crippen LogP contribution in [0.5, 0.6) is 0 Å². The van der Waals surface area contributed by atoms with Crippen molar-refractivity contribution < 1.29 is 32.3 Å². The van der Waals surface area contributed by atoms with Gasteiger partial charge in [0.05, 0.1) is 30.9 Å². The average molecular weight is 659 g/mol. The number of fused-ring (bicyclic) bond motifs is 1. The molecule has 2 aliphatic rings. The second-order valence-corrected chi connectivity index (χ2v) is 11.5. The molecule has 0 atom stereocenters. The van der Waals surface area contributed by atoms with Crippen molar-refractivity contribution in [3.63, 3.8) is 0 Å². The summed E-state index contributed by atoms with van der Waals surface area (Å²) in [5.74, 6) is -0.431. The van der Waals surface area contributed by atoms with E-state index in [0.717, 1.165) is 23.4 Å². The molecule has 14 nitrogen and oxygen atoms in total. The number of nitrogens with one attached hydrogen (secondary N) is 3. The third kappa shape index (κ3) is 8.34. The summed E-state index contributed by atoms with van der Waals surface area (Å²) in [5, 5.41) is 11.6. The summed E-state index contributed by atoms with van der Waals surface area (Å²) < 4.78 is 49.8. The standard InChI is InChI=1S/C30H37F3N10O4/c1-19(2)12-25(44)36-16-26(45)41-6-4-40(5-7-41)17-20-13-23-28(42-8-10-47-11-9-42)38-27(39-43(23)18-20)21-15-35-24(37-29(46)34-3)14-22(21)30(31,32)33/h12-15,18H,4-11,16-17H2,1-3H3,(H,36,44)(H2,34,35,37,46). The van der Waals surface area contributed by atoms with Gasteiger partial charge in [-0.25, -0.2) is 19.3 Å². The number of carbonyl (C=O) groups excluding carboxylic acids is 3. The summed E-state index contributed by atoms with van der Waals surface area (Å²) in [6.45, 7) is 8.12. The molecule has 0 saturated carbocycles. The zero-order chi connectivity index (χ0) is 33.7. The highest BCUT2D eigenvalue weighted by molar-refractivity contribution is 5.91. The summed E-state index contributed by atoms with van der Waals surface area (Å²) in [5.41, 5.74) is 0.979. The van der Waals surface area contributed by atoms with Crippen molar-refractivity contribution in [1.82, 2.24) is 40.0 Å². The first kappa shape index (κ1) is 33.6. The van der Waals surface area contributed by atoms with E-state index < -0.39 is 17.8 Å². The Balaban J connectivity index is 1.38. The minimum Gasteiger partial charge on any atom is -0.378 e. The number of aromatic nitrogens is 4. The maximum absolute atomic E-state index is 14.3. The number of rotatable bonds is 8. The molecule has 0 aromatic carbocycles. The lowest BCUT2D eigenvalue weighted by atomic mass is 10.1. The number of carbonyl (C=O) groups is 3. The third-order valence-electron chi connectivity index (χ3n) is 7.69. The van der Waals surface area contributed by atoms with Gasteiger partial charge < -0.3 is 25.2 Å². The minimum atomic E-state index is -4.78. The number of piperazine rings is 1. The van der Waals surface area contributed by atoms with E-state index in [1.54, 1.807) is 24.9 Å². The summed E-state index contributed by atoms with van der Waals surface area (Å²) in [4.78, 5) is 50.7. The van der Waals surface area contributed by atoms with E-state index in [4.69, 9.17) is 4.74 Å². The van der Waals surface area contributed by atoms with Crippen LogP contribution in [0.2, 0.25) is 0 Å². The van der Waals surface area contributed by atoms with Gasteiger partial charge in [0.1, 0.15) is 11.3 Å². The Kier molecular flexibility index (Phi) is 10.2. The second-order valence-electron chi connectivity index (χ2n) is 11.5. The molecule has 17 heteroatoms. The SMILES string of the molecule is CNC(=O)Nc1cc(C(F)(F)F)c(-c2nc(N3CCOCC3)c3cc(CN4CCN(C(=O)CNC(=O)C=C(C)C)CC4)cn3n2)cn1. The number of hydrogen-bond donors (Lipinski definition) is 3. The Morgan fingerprint density at radius 2 is 1.77 bits per heavy atom. The van der Waals surface area contributed by atoms with Crippen LogP contribution < -0.4 is 20.9 Å². The van der Waals surface area contributed by atoms with E-state index in [2.05, 4.69) is 35.9 Å². The molecule has 4 amide bonds. The zero-order valence-electron chi connectivity index (χ0n) is 26.4. The number of hydrogen-bond acceptors (Lipinski definition) is 9. The maximum atomic E-state index is 14.3. The predicted octanol–water partition coefficient (Wildman–Crippen LogP) is 2.12. The molecule has 2 aliphatic heterocycles. The lowest BCUT2D eigenvalue weighted by Gasteiger charge is -2.34. The lowest BCUT2D eigenvalue weighted by Crippen LogP contribution is -2.50. The fourth-order valence-corrected chi connectivity index (χ4v) is 5.36. The smallest absolute Gasteiger partial charge is 0.378 e. The van der Waals surface area contributed by atoms with Gasteiger partial charge in [-0.05, 0) is 31.5 Å². The topological polar surface area (TPSA) is 149 Å². The van der Waals surface area contributed by atoms with Crippen LogP contribution in [0.3, 0.4) is 0 Å². The van der Waals surface area contributed by atoms with Crippen LogP contribution in [0.1, 0.15) is 25.0 Å². The number of nitrogens with zero attached hydrogens (tertiary/aromatic N) is 7. The fourth-order valence-electron chi connectivity index (χ4n) is 5.36. The molecule has 47 heavy (non-hydrogen) atoms. The molecule has 3 aromatic heterocycles. The first-order valence-electron chi connectivity index (χ1n) is 15.1. The van der Waals surface area contributed by atoms with Gasteiger partial charge >= 0.3 is 12.2 Å². The Bertz CT molecular complexity index is 1660. The van der Waals surface area contributed by atoms with E-state index in [9.17, 15) is 27.6 Å². The van der Waals surface area contributed by atoms with E-state index in [0.29, 0.717) is 70.4 Å². The van der Waals surface area contributed by atoms with Crippen molar-refractivity contribution in [3.8, 4) is 11.4 Å². The van der Waals surface area contributed by atoms with Gasteiger partial charge in [0.15, 0.2) is 11.6 Å². The van der Waals surface area contributed by atoms with Crippen molar-refractivity contribution in [2.75, 3.05) is 76.3 Å². The highest BCUT2D eigenvalue weighted by atomic mass is 19.4. The van der Waals surface area contributed by atoms with Gasteiger partial charge in [-0.1, -0.05) is 5.57 Å². The number of ether oxygens (including phenoxy) is 1. The monoisotopic (exact) mass is 658 g/mol. The number of allylic oxidation sites excluding steroid dienone is 1. The number of alkyl halides is 3. The predicted molar refractivity (Wildman–Crippen MR) is 167 cm³/mol. The van der Waals surface area contributed by atoms with Crippen molar-refractivity contribution >= 4 is 35.0 Å². The molecule has 5 rings (SSSR count). The summed E-state index contributed by atoms with van der Waals surface area (Å²) in [7, 11) is 1.34. The quantitative estimate of drug-likeness (QED) is 0.310. The minimum absolute atomic E-state index is 0.0717. The maximum Gasteiger partial charge on any atom is 0.417 e. The molecular weight excluding hydrogens is 621 g/mol. The first-order valence-corrected chi connectivity index (χ1v) is 15.1. The van der Waals surface area contributed by atoms with E-state index >= 15 is 0 Å². The summed E-state index contributed by atoms with van der Waals surface area (Å²) in [6, 6.07) is 1.97. The number of morpholine rings is 1. The molecule has 3 aromatic rings. The summed E-state index contributed by atoms with van der Waals surface area (Å²) >= 11 is 0. The first-order chi connectivity index (χ1) is 22.4. The number of pyridine rings is 1. The van der Waals surface area contributed by atoms with Crippen LogP contribution in [0.4, 0.5) is 29.6 Å². The van der Waals surface area contributed by atoms with Crippen LogP contribution >= 0.6 is 0 Å². The van der Waals surface area contributed by atoms with Gasteiger partial charge in [0.2, 0.25) is 11.8 Å². The Morgan fingerprint density at radius 3 is 2.43 bits per heavy atom. The normalized spacial score (nSPS) is 15.8. The van der Waals surface area contributed by atoms with Crippen molar-refractivity contribution in [2.45, 2.75) is 26.6 Å². The second kappa shape index (κ2) is 14.3. The molecule has 252 valence electrons. The molecule has 0 spiro atoms. The van der Waals surface area contributed by atoms with Crippen LogP contribution in [0, 0.1) is 0 Å². The number of urea groups is 1. The fraction of sp³-hybridized carbons (Fsp3) is 0.467. The van der Waals surface area contributed by atoms with Crippen molar-refractivity contribution in [2.24, 2.45) is 0 Å². The largest absolute Gasteiger partial charge is 0.417 e. The Labute approximate surface area is 268 Å². The molecule has 2 fully saturated rings. The molecular formula is C30H37F3N10O4. The van der Waals surface area contributed by atoms with Gasteiger partial charge in [-0.3, -0.25) is 19.8 Å². The van der Waals surface area contributed by atoms with E-state index in [1.807, 2.05) is 11.0 Å². The van der Waals surface area contributed by atoms with Gasteiger partial charge in [-0.2, -0.15) is 13.2 Å². The zero-order valence-corrected chi connectivity index (χ0v) is 26.4. The van der Waals surface area contributed by atoms with Crippen molar-refractivity contribution in [3.05, 3.63) is 47.3 Å². The molecule has 0 bridgehead atoms. The lowest BCUT2D eigenvalue weighted by molar-refractivity contribution is -0.137. The van der Waals surface area contributed by atoms with E-state index in [1.165, 1.54) is 17.6 Å². The highest BCUT2D eigenvalue weighted by Crippen LogP contribution is 2.38. The molecule has 5 heterocycles. The number of halogens is 3. The Hall–Kier alpha value is -4.77. The third-order valence-corrected chi connectivity index (χ3v) is 7.69. The van der Waals surface area contributed by atoms with Crippen LogP contribution in [0.15, 0.2) is 36.2 Å². The number of amides is 4. The summed E-state index contributed by atoms with van der Waals surface area (Å²) in [6.07, 6.45) is -0.559. The molecule has 2 saturated heterocycles. The molecule has 0 aliphatic carbocycles. The average Bonchev–Trinajstić information content (AvgIpc) is 3.45. The van der Waals surface area contributed by atoms with Crippen LogP contribution in [-0.2, 0) is 27.0 Å².